The summed E-state index contributed by atoms with van der Waals surface area (Å²) in [6.45, 7) is 12.1. The van der Waals surface area contributed by atoms with Crippen molar-refractivity contribution < 1.29 is 15.0 Å². The molecule has 1 fully saturated rings. The van der Waals surface area contributed by atoms with Gasteiger partial charge in [0.15, 0.2) is 0 Å². The molecule has 0 aromatic carbocycles. The van der Waals surface area contributed by atoms with Gasteiger partial charge in [0.2, 0.25) is 0 Å². The summed E-state index contributed by atoms with van der Waals surface area (Å²) < 4.78 is 0. The van der Waals surface area contributed by atoms with Gasteiger partial charge in [-0.1, -0.05) is 32.1 Å². The van der Waals surface area contributed by atoms with Crippen molar-refractivity contribution in [3.05, 3.63) is 23.8 Å². The quantitative estimate of drug-likeness (QED) is 0.664. The maximum absolute atomic E-state index is 10.1. The van der Waals surface area contributed by atoms with E-state index in [0.717, 1.165) is 24.8 Å². The van der Waals surface area contributed by atoms with E-state index in [1.54, 1.807) is 0 Å². The van der Waals surface area contributed by atoms with E-state index in [0.29, 0.717) is 11.3 Å². The van der Waals surface area contributed by atoms with Gasteiger partial charge in [0.05, 0.1) is 6.10 Å². The van der Waals surface area contributed by atoms with Crippen LogP contribution >= 0.6 is 0 Å². The van der Waals surface area contributed by atoms with Crippen LogP contribution in [0.1, 0.15) is 53.4 Å². The third-order valence-electron chi connectivity index (χ3n) is 4.68. The summed E-state index contributed by atoms with van der Waals surface area (Å²) in [7, 11) is 0. The van der Waals surface area contributed by atoms with Gasteiger partial charge in [0, 0.05) is 6.92 Å². The highest BCUT2D eigenvalue weighted by Gasteiger charge is 2.48. The second-order valence-corrected chi connectivity index (χ2v) is 6.84. The fourth-order valence-corrected chi connectivity index (χ4v) is 3.42. The Bertz CT molecular complexity index is 402. The Labute approximate surface area is 122 Å². The lowest BCUT2D eigenvalue weighted by Gasteiger charge is -2.53. The molecule has 0 aliphatic heterocycles. The van der Waals surface area contributed by atoms with Gasteiger partial charge in [0.25, 0.3) is 5.97 Å². The average Bonchev–Trinajstić information content (AvgIpc) is 2.34. The van der Waals surface area contributed by atoms with Crippen molar-refractivity contribution in [1.29, 1.82) is 0 Å². The van der Waals surface area contributed by atoms with Crippen molar-refractivity contribution in [3.8, 4) is 0 Å². The van der Waals surface area contributed by atoms with Crippen LogP contribution in [0.15, 0.2) is 23.8 Å². The molecule has 3 nitrogen and oxygen atoms in total. The molecule has 20 heavy (non-hydrogen) atoms. The van der Waals surface area contributed by atoms with Crippen molar-refractivity contribution in [3.63, 3.8) is 0 Å². The van der Waals surface area contributed by atoms with Crippen LogP contribution in [0.5, 0.6) is 0 Å². The Balaban J connectivity index is 0.000000444. The molecule has 114 valence electrons. The summed E-state index contributed by atoms with van der Waals surface area (Å²) in [5.74, 6) is 0.445. The number of carboxylic acid groups (broad SMARTS) is 1. The molecule has 0 saturated heterocycles. The number of hydrogen-bond acceptors (Lipinski definition) is 2. The number of allylic oxidation sites excluding steroid dienone is 1. The number of aliphatic hydroxyl groups excluding tert-OH is 1. The number of carbonyl (C=O) groups is 1. The monoisotopic (exact) mass is 280 g/mol. The smallest absolute Gasteiger partial charge is 0.300 e. The molecule has 2 rings (SSSR count). The standard InChI is InChI=1S/C15H24O.C2H4O2/c1-10-5-7-13-12(9-15(13,3)4)11(2)14(16)8-6-10;1-2(3)4/h6,12-14,16H,2,5,7-9H2,1,3-4H3;1H3,(H,3,4)/b10-6-;. The minimum atomic E-state index is -0.833. The Hall–Kier alpha value is -1.09. The van der Waals surface area contributed by atoms with Crippen molar-refractivity contribution in [1.82, 2.24) is 0 Å². The van der Waals surface area contributed by atoms with Crippen molar-refractivity contribution in [2.45, 2.75) is 59.5 Å². The van der Waals surface area contributed by atoms with Crippen LogP contribution < -0.4 is 0 Å². The van der Waals surface area contributed by atoms with Gasteiger partial charge in [0.1, 0.15) is 0 Å². The highest BCUT2D eigenvalue weighted by atomic mass is 16.4. The first kappa shape index (κ1) is 17.0. The number of aliphatic hydroxyl groups is 1. The van der Waals surface area contributed by atoms with Crippen molar-refractivity contribution >= 4 is 5.97 Å². The summed E-state index contributed by atoms with van der Waals surface area (Å²) in [6, 6.07) is 0. The lowest BCUT2D eigenvalue weighted by Crippen LogP contribution is -2.46. The number of carboxylic acids is 1. The SMILES string of the molecule is C=C1C(O)C/C=C(/C)CCC2C1CC2(C)C.CC(=O)O. The highest BCUT2D eigenvalue weighted by molar-refractivity contribution is 5.62. The summed E-state index contributed by atoms with van der Waals surface area (Å²) in [5, 5.41) is 17.5. The van der Waals surface area contributed by atoms with E-state index in [9.17, 15) is 5.11 Å². The zero-order valence-corrected chi connectivity index (χ0v) is 13.1. The number of fused-ring (bicyclic) bond motifs is 1. The summed E-state index contributed by atoms with van der Waals surface area (Å²) in [5.41, 5.74) is 2.95. The van der Waals surface area contributed by atoms with Gasteiger partial charge in [-0.3, -0.25) is 4.79 Å². The first-order chi connectivity index (χ1) is 9.15. The molecular weight excluding hydrogens is 252 g/mol. The summed E-state index contributed by atoms with van der Waals surface area (Å²) >= 11 is 0. The predicted octanol–water partition coefficient (Wildman–Crippen LogP) is 3.79. The van der Waals surface area contributed by atoms with Crippen LogP contribution in [0.3, 0.4) is 0 Å². The zero-order chi connectivity index (χ0) is 15.5. The first-order valence-corrected chi connectivity index (χ1v) is 7.37. The Kier molecular flexibility index (Phi) is 5.58. The summed E-state index contributed by atoms with van der Waals surface area (Å²) in [6.07, 6.45) is 6.27. The molecule has 3 atom stereocenters. The largest absolute Gasteiger partial charge is 0.481 e. The molecule has 0 aromatic rings. The molecule has 2 N–H and O–H groups in total. The lowest BCUT2D eigenvalue weighted by molar-refractivity contribution is -0.134. The molecule has 0 spiro atoms. The Morgan fingerprint density at radius 2 is 2.00 bits per heavy atom. The number of aliphatic carboxylic acids is 1. The average molecular weight is 280 g/mol. The van der Waals surface area contributed by atoms with E-state index >= 15 is 0 Å². The van der Waals surface area contributed by atoms with Gasteiger partial charge >= 0.3 is 0 Å². The van der Waals surface area contributed by atoms with Gasteiger partial charge in [-0.05, 0) is 55.4 Å². The molecule has 1 saturated carbocycles. The van der Waals surface area contributed by atoms with Gasteiger partial charge in [-0.15, -0.1) is 0 Å². The van der Waals surface area contributed by atoms with E-state index in [1.165, 1.54) is 24.8 Å². The second-order valence-electron chi connectivity index (χ2n) is 6.84. The molecule has 0 heterocycles. The van der Waals surface area contributed by atoms with Crippen molar-refractivity contribution in [2.75, 3.05) is 0 Å². The molecule has 2 aliphatic rings. The maximum Gasteiger partial charge on any atom is 0.300 e. The van der Waals surface area contributed by atoms with Crippen LogP contribution in [0.4, 0.5) is 0 Å². The molecule has 0 bridgehead atoms. The van der Waals surface area contributed by atoms with E-state index in [1.807, 2.05) is 0 Å². The van der Waals surface area contributed by atoms with Gasteiger partial charge in [-0.2, -0.15) is 0 Å². The topological polar surface area (TPSA) is 57.5 Å². The first-order valence-electron chi connectivity index (χ1n) is 7.37. The minimum Gasteiger partial charge on any atom is -0.481 e. The fourth-order valence-electron chi connectivity index (χ4n) is 3.42. The minimum absolute atomic E-state index is 0.323. The van der Waals surface area contributed by atoms with E-state index in [-0.39, 0.29) is 6.10 Å². The molecule has 3 unspecified atom stereocenters. The Morgan fingerprint density at radius 1 is 1.45 bits per heavy atom. The van der Waals surface area contributed by atoms with Crippen LogP contribution in [0.2, 0.25) is 0 Å². The zero-order valence-electron chi connectivity index (χ0n) is 13.1. The van der Waals surface area contributed by atoms with Crippen molar-refractivity contribution in [2.24, 2.45) is 17.3 Å². The van der Waals surface area contributed by atoms with E-state index in [2.05, 4.69) is 33.4 Å². The third kappa shape index (κ3) is 4.20. The predicted molar refractivity (Wildman–Crippen MR) is 81.4 cm³/mol. The normalized spacial score (nSPS) is 34.8. The molecule has 0 amide bonds. The number of rotatable bonds is 0. The molecule has 3 heteroatoms. The molecule has 0 radical (unpaired) electrons. The Morgan fingerprint density at radius 3 is 2.50 bits per heavy atom. The van der Waals surface area contributed by atoms with Crippen LogP contribution in [0, 0.1) is 17.3 Å². The van der Waals surface area contributed by atoms with E-state index < -0.39 is 5.97 Å². The molecular formula is C17H28O3. The van der Waals surface area contributed by atoms with Gasteiger partial charge in [-0.25, -0.2) is 0 Å². The molecule has 0 aromatic heterocycles. The summed E-state index contributed by atoms with van der Waals surface area (Å²) in [4.78, 5) is 9.00. The van der Waals surface area contributed by atoms with E-state index in [4.69, 9.17) is 9.90 Å². The van der Waals surface area contributed by atoms with Crippen LogP contribution in [-0.2, 0) is 4.79 Å². The number of hydrogen-bond donors (Lipinski definition) is 2. The highest BCUT2D eigenvalue weighted by Crippen LogP contribution is 2.56. The molecule has 2 aliphatic carbocycles. The lowest BCUT2D eigenvalue weighted by atomic mass is 9.52. The van der Waals surface area contributed by atoms with Crippen LogP contribution in [-0.4, -0.2) is 22.3 Å². The van der Waals surface area contributed by atoms with Crippen LogP contribution in [0.25, 0.3) is 0 Å². The fraction of sp³-hybridized carbons (Fsp3) is 0.706. The maximum atomic E-state index is 10.1. The van der Waals surface area contributed by atoms with Gasteiger partial charge < -0.3 is 10.2 Å². The second kappa shape index (κ2) is 6.57. The third-order valence-corrected chi connectivity index (χ3v) is 4.68.